The average Bonchev–Trinajstić information content (AvgIpc) is 2.87. The Labute approximate surface area is 219 Å². The number of carboxylic acid groups (broad SMARTS) is 1. The Hall–Kier alpha value is -3.95. The maximum Gasteiger partial charge on any atom is 0.335 e. The molecule has 2 N–H and O–H groups in total. The highest BCUT2D eigenvalue weighted by atomic mass is 35.5. The summed E-state index contributed by atoms with van der Waals surface area (Å²) in [6, 6.07) is 13.4. The molecule has 0 aliphatic carbocycles. The molecule has 0 aliphatic heterocycles. The highest BCUT2D eigenvalue weighted by Gasteiger charge is 2.24. The summed E-state index contributed by atoms with van der Waals surface area (Å²) in [6.07, 6.45) is -0.142. The Balaban J connectivity index is 1.63. The summed E-state index contributed by atoms with van der Waals surface area (Å²) in [4.78, 5) is 50.4. The normalized spacial score (nSPS) is 11.9. The van der Waals surface area contributed by atoms with E-state index in [9.17, 15) is 28.7 Å². The second kappa shape index (κ2) is 10.6. The maximum absolute atomic E-state index is 14.1. The van der Waals surface area contributed by atoms with Crippen molar-refractivity contribution in [3.05, 3.63) is 109 Å². The van der Waals surface area contributed by atoms with Gasteiger partial charge in [-0.15, -0.1) is 11.6 Å². The fourth-order valence-electron chi connectivity index (χ4n) is 3.98. The van der Waals surface area contributed by atoms with Gasteiger partial charge in [0.05, 0.1) is 27.2 Å². The summed E-state index contributed by atoms with van der Waals surface area (Å²) in [5.74, 6) is -2.97. The van der Waals surface area contributed by atoms with E-state index in [2.05, 4.69) is 5.32 Å². The van der Waals surface area contributed by atoms with E-state index in [1.54, 1.807) is 37.4 Å². The minimum Gasteiger partial charge on any atom is -0.480 e. The molecular weight excluding hydrogens is 524 g/mol. The second-order valence-corrected chi connectivity index (χ2v) is 8.97. The van der Waals surface area contributed by atoms with Crippen LogP contribution < -0.4 is 16.6 Å². The van der Waals surface area contributed by atoms with Crippen LogP contribution >= 0.6 is 23.2 Å². The third-order valence-corrected chi connectivity index (χ3v) is 6.54. The number of hydrogen-bond donors (Lipinski definition) is 2. The first kappa shape index (κ1) is 26.1. The SMILES string of the molecule is Cn1c(=O)n(-c2ccc(C[C@H](NC(=O)c3c(F)cccc3Cl)C(=O)O)cc2)c(=O)c2cc(CCl)ccc21. The number of nitrogens with one attached hydrogen (secondary N) is 1. The number of rotatable bonds is 7. The fourth-order valence-corrected chi connectivity index (χ4v) is 4.40. The van der Waals surface area contributed by atoms with Gasteiger partial charge in [-0.1, -0.05) is 35.9 Å². The van der Waals surface area contributed by atoms with Gasteiger partial charge in [0, 0.05) is 19.3 Å². The molecule has 0 unspecified atom stereocenters. The highest BCUT2D eigenvalue weighted by Crippen LogP contribution is 2.19. The van der Waals surface area contributed by atoms with Crippen LogP contribution in [0.25, 0.3) is 16.6 Å². The van der Waals surface area contributed by atoms with Crippen LogP contribution in [0.15, 0.2) is 70.3 Å². The number of alkyl halides is 1. The number of halogens is 3. The minimum atomic E-state index is -1.39. The molecule has 1 atom stereocenters. The van der Waals surface area contributed by atoms with E-state index in [0.717, 1.165) is 16.2 Å². The summed E-state index contributed by atoms with van der Waals surface area (Å²) >= 11 is 11.8. The number of nitrogens with zero attached hydrogens (tertiary/aromatic N) is 2. The molecule has 0 bridgehead atoms. The molecule has 0 saturated carbocycles. The van der Waals surface area contributed by atoms with Gasteiger partial charge < -0.3 is 10.4 Å². The largest absolute Gasteiger partial charge is 0.480 e. The molecule has 1 amide bonds. The van der Waals surface area contributed by atoms with Gasteiger partial charge in [0.1, 0.15) is 11.9 Å². The van der Waals surface area contributed by atoms with E-state index < -0.39 is 40.5 Å². The van der Waals surface area contributed by atoms with Crippen molar-refractivity contribution in [2.75, 3.05) is 0 Å². The minimum absolute atomic E-state index is 0.142. The first-order chi connectivity index (χ1) is 17.6. The fraction of sp³-hybridized carbons (Fsp3) is 0.154. The third kappa shape index (κ3) is 5.14. The van der Waals surface area contributed by atoms with Gasteiger partial charge in [0.25, 0.3) is 11.5 Å². The lowest BCUT2D eigenvalue weighted by Gasteiger charge is -2.16. The van der Waals surface area contributed by atoms with Crippen LogP contribution in [0.2, 0.25) is 5.02 Å². The van der Waals surface area contributed by atoms with Crippen molar-refractivity contribution in [3.63, 3.8) is 0 Å². The lowest BCUT2D eigenvalue weighted by molar-refractivity contribution is -0.139. The quantitative estimate of drug-likeness (QED) is 0.346. The van der Waals surface area contributed by atoms with Crippen LogP contribution in [0, 0.1) is 5.82 Å². The molecule has 4 aromatic rings. The van der Waals surface area contributed by atoms with Crippen LogP contribution in [0.4, 0.5) is 4.39 Å². The van der Waals surface area contributed by atoms with E-state index in [0.29, 0.717) is 16.5 Å². The van der Waals surface area contributed by atoms with Gasteiger partial charge in [0.2, 0.25) is 0 Å². The first-order valence-electron chi connectivity index (χ1n) is 11.0. The highest BCUT2D eigenvalue weighted by molar-refractivity contribution is 6.33. The molecule has 11 heteroatoms. The summed E-state index contributed by atoms with van der Waals surface area (Å²) in [5, 5.41) is 12.1. The molecule has 190 valence electrons. The van der Waals surface area contributed by atoms with Crippen LogP contribution in [-0.4, -0.2) is 32.2 Å². The molecule has 3 aromatic carbocycles. The van der Waals surface area contributed by atoms with Gasteiger partial charge in [-0.3, -0.25) is 14.2 Å². The van der Waals surface area contributed by atoms with E-state index in [-0.39, 0.29) is 23.0 Å². The number of carboxylic acids is 1. The molecular formula is C26H20Cl2FN3O5. The first-order valence-corrected chi connectivity index (χ1v) is 11.9. The molecule has 37 heavy (non-hydrogen) atoms. The Morgan fingerprint density at radius 2 is 1.73 bits per heavy atom. The number of benzene rings is 3. The maximum atomic E-state index is 14.1. The number of aryl methyl sites for hydroxylation is 1. The number of carbonyl (C=O) groups excluding carboxylic acids is 1. The average molecular weight is 544 g/mol. The van der Waals surface area contributed by atoms with Gasteiger partial charge in [-0.2, -0.15) is 0 Å². The monoisotopic (exact) mass is 543 g/mol. The summed E-state index contributed by atoms with van der Waals surface area (Å²) < 4.78 is 16.4. The van der Waals surface area contributed by atoms with E-state index >= 15 is 0 Å². The standard InChI is InChI=1S/C26H20Cl2FN3O5/c1-31-21-10-7-15(13-27)11-17(21)24(34)32(26(31)37)16-8-5-14(6-9-16)12-20(25(35)36)30-23(33)22-18(28)3-2-4-19(22)29/h2-11,20H,12-13H2,1H3,(H,30,33)(H,35,36)/t20-/m0/s1. The van der Waals surface area contributed by atoms with Crippen molar-refractivity contribution in [1.82, 2.24) is 14.5 Å². The smallest absolute Gasteiger partial charge is 0.335 e. The van der Waals surface area contributed by atoms with Crippen molar-refractivity contribution >= 4 is 46.0 Å². The number of amides is 1. The van der Waals surface area contributed by atoms with Crippen LogP contribution in [0.3, 0.4) is 0 Å². The van der Waals surface area contributed by atoms with E-state index in [1.165, 1.54) is 28.8 Å². The predicted octanol–water partition coefficient (Wildman–Crippen LogP) is 3.65. The molecule has 0 radical (unpaired) electrons. The molecule has 0 spiro atoms. The third-order valence-electron chi connectivity index (χ3n) is 5.92. The molecule has 4 rings (SSSR count). The van der Waals surface area contributed by atoms with Crippen LogP contribution in [0.1, 0.15) is 21.5 Å². The van der Waals surface area contributed by atoms with Crippen molar-refractivity contribution in [2.45, 2.75) is 18.3 Å². The molecule has 0 aliphatic rings. The Morgan fingerprint density at radius 3 is 2.35 bits per heavy atom. The number of carbonyl (C=O) groups is 2. The van der Waals surface area contributed by atoms with E-state index in [4.69, 9.17) is 23.2 Å². The van der Waals surface area contributed by atoms with Crippen molar-refractivity contribution in [3.8, 4) is 5.69 Å². The van der Waals surface area contributed by atoms with E-state index in [1.807, 2.05) is 0 Å². The molecule has 1 heterocycles. The molecule has 8 nitrogen and oxygen atoms in total. The summed E-state index contributed by atoms with van der Waals surface area (Å²) in [6.45, 7) is 0. The van der Waals surface area contributed by atoms with Gasteiger partial charge >= 0.3 is 11.7 Å². The molecule has 0 fully saturated rings. The summed E-state index contributed by atoms with van der Waals surface area (Å²) in [7, 11) is 1.55. The second-order valence-electron chi connectivity index (χ2n) is 8.30. The van der Waals surface area contributed by atoms with Crippen molar-refractivity contribution in [2.24, 2.45) is 7.05 Å². The Bertz CT molecular complexity index is 1630. The van der Waals surface area contributed by atoms with Crippen LogP contribution in [-0.2, 0) is 24.1 Å². The number of hydrogen-bond acceptors (Lipinski definition) is 4. The lowest BCUT2D eigenvalue weighted by Crippen LogP contribution is -2.42. The topological polar surface area (TPSA) is 110 Å². The van der Waals surface area contributed by atoms with Gasteiger partial charge in [-0.05, 0) is 47.5 Å². The number of fused-ring (bicyclic) bond motifs is 1. The van der Waals surface area contributed by atoms with Crippen LogP contribution in [0.5, 0.6) is 0 Å². The predicted molar refractivity (Wildman–Crippen MR) is 138 cm³/mol. The Kier molecular flexibility index (Phi) is 7.47. The zero-order valence-corrected chi connectivity index (χ0v) is 20.9. The molecule has 0 saturated heterocycles. The number of aromatic nitrogens is 2. The molecule has 1 aromatic heterocycles. The van der Waals surface area contributed by atoms with Crippen molar-refractivity contribution in [1.29, 1.82) is 0 Å². The zero-order valence-electron chi connectivity index (χ0n) is 19.4. The zero-order chi connectivity index (χ0) is 26.9. The van der Waals surface area contributed by atoms with Gasteiger partial charge in [-0.25, -0.2) is 18.5 Å². The van der Waals surface area contributed by atoms with Crippen molar-refractivity contribution < 1.29 is 19.1 Å². The summed E-state index contributed by atoms with van der Waals surface area (Å²) in [5.41, 5.74) is 0.441. The Morgan fingerprint density at radius 1 is 1.05 bits per heavy atom. The lowest BCUT2D eigenvalue weighted by atomic mass is 10.0. The number of aliphatic carboxylic acids is 1. The van der Waals surface area contributed by atoms with Gasteiger partial charge in [0.15, 0.2) is 0 Å².